The van der Waals surface area contributed by atoms with Crippen molar-refractivity contribution in [1.82, 2.24) is 14.9 Å². The first-order valence-corrected chi connectivity index (χ1v) is 9.05. The number of hydrogen-bond donors (Lipinski definition) is 2. The van der Waals surface area contributed by atoms with Crippen LogP contribution in [0.1, 0.15) is 32.1 Å². The van der Waals surface area contributed by atoms with Gasteiger partial charge in [-0.2, -0.15) is 4.98 Å². The minimum Gasteiger partial charge on any atom is -0.380 e. The molecule has 2 N–H and O–H groups in total. The molecule has 1 aliphatic carbocycles. The van der Waals surface area contributed by atoms with Crippen molar-refractivity contribution in [2.24, 2.45) is 0 Å². The highest BCUT2D eigenvalue weighted by atomic mass is 16.6. The first kappa shape index (κ1) is 16.5. The van der Waals surface area contributed by atoms with Gasteiger partial charge in [-0.1, -0.05) is 0 Å². The fourth-order valence-corrected chi connectivity index (χ4v) is 3.51. The van der Waals surface area contributed by atoms with Gasteiger partial charge >= 0.3 is 5.69 Å². The Morgan fingerprint density at radius 1 is 1.16 bits per heavy atom. The van der Waals surface area contributed by atoms with Crippen LogP contribution in [0.25, 0.3) is 0 Å². The summed E-state index contributed by atoms with van der Waals surface area (Å²) in [6.07, 6.45) is 6.52. The highest BCUT2D eigenvalue weighted by molar-refractivity contribution is 5.58. The molecule has 0 aromatic carbocycles. The van der Waals surface area contributed by atoms with Crippen LogP contribution in [0.5, 0.6) is 0 Å². The number of aromatic nitrogens is 2. The summed E-state index contributed by atoms with van der Waals surface area (Å²) < 4.78 is 5.47. The third-order valence-corrected chi connectivity index (χ3v) is 5.17. The first-order chi connectivity index (χ1) is 12.2. The molecule has 1 atom stereocenters. The SMILES string of the molecule is O=[N+]([O-])c1cnc(NC2CCN([C@H]3CCOC3)CC2)nc1NC1CC1. The van der Waals surface area contributed by atoms with Crippen molar-refractivity contribution in [1.29, 1.82) is 0 Å². The van der Waals surface area contributed by atoms with E-state index < -0.39 is 4.92 Å². The van der Waals surface area contributed by atoms with Gasteiger partial charge in [0.25, 0.3) is 0 Å². The predicted octanol–water partition coefficient (Wildman–Crippen LogP) is 1.62. The monoisotopic (exact) mass is 348 g/mol. The van der Waals surface area contributed by atoms with Crippen molar-refractivity contribution in [3.63, 3.8) is 0 Å². The fraction of sp³-hybridized carbons (Fsp3) is 0.750. The van der Waals surface area contributed by atoms with E-state index in [1.807, 2.05) is 0 Å². The molecule has 1 aromatic rings. The molecule has 1 saturated carbocycles. The first-order valence-electron chi connectivity index (χ1n) is 9.05. The molecule has 0 amide bonds. The number of ether oxygens (including phenoxy) is 1. The van der Waals surface area contributed by atoms with Crippen molar-refractivity contribution in [3.8, 4) is 0 Å². The molecule has 2 saturated heterocycles. The molecule has 4 rings (SSSR count). The van der Waals surface area contributed by atoms with E-state index in [-0.39, 0.29) is 5.69 Å². The molecule has 1 aromatic heterocycles. The van der Waals surface area contributed by atoms with Gasteiger partial charge in [0.05, 0.1) is 11.5 Å². The van der Waals surface area contributed by atoms with Gasteiger partial charge in [0, 0.05) is 37.8 Å². The van der Waals surface area contributed by atoms with E-state index >= 15 is 0 Å². The van der Waals surface area contributed by atoms with Crippen LogP contribution in [-0.4, -0.2) is 64.2 Å². The number of nitro groups is 1. The summed E-state index contributed by atoms with van der Waals surface area (Å²) in [6, 6.07) is 1.16. The Labute approximate surface area is 146 Å². The normalized spacial score (nSPS) is 25.0. The van der Waals surface area contributed by atoms with Crippen LogP contribution in [0, 0.1) is 10.1 Å². The van der Waals surface area contributed by atoms with E-state index in [0.717, 1.165) is 58.4 Å². The molecular weight excluding hydrogens is 324 g/mol. The van der Waals surface area contributed by atoms with E-state index in [2.05, 4.69) is 25.5 Å². The quantitative estimate of drug-likeness (QED) is 0.590. The lowest BCUT2D eigenvalue weighted by atomic mass is 10.0. The molecule has 136 valence electrons. The third-order valence-electron chi connectivity index (χ3n) is 5.17. The average molecular weight is 348 g/mol. The lowest BCUT2D eigenvalue weighted by Crippen LogP contribution is -2.45. The Hall–Kier alpha value is -2.00. The number of anilines is 2. The summed E-state index contributed by atoms with van der Waals surface area (Å²) in [4.78, 5) is 21.7. The standard InChI is InChI=1S/C16H24N6O3/c23-22(24)14-9-17-16(20-15(14)18-11-1-2-11)19-12-3-6-21(7-4-12)13-5-8-25-10-13/h9,11-13H,1-8,10H2,(H2,17,18,19,20)/t13-/m0/s1. The van der Waals surface area contributed by atoms with E-state index in [9.17, 15) is 10.1 Å². The Bertz CT molecular complexity index is 624. The van der Waals surface area contributed by atoms with E-state index in [1.54, 1.807) is 0 Å². The Balaban J connectivity index is 1.36. The smallest absolute Gasteiger partial charge is 0.329 e. The minimum absolute atomic E-state index is 0.0616. The fourth-order valence-electron chi connectivity index (χ4n) is 3.51. The summed E-state index contributed by atoms with van der Waals surface area (Å²) in [7, 11) is 0. The zero-order valence-corrected chi connectivity index (χ0v) is 14.2. The highest BCUT2D eigenvalue weighted by Crippen LogP contribution is 2.30. The Kier molecular flexibility index (Phi) is 4.67. The molecular formula is C16H24N6O3. The van der Waals surface area contributed by atoms with Crippen LogP contribution in [0.4, 0.5) is 17.5 Å². The van der Waals surface area contributed by atoms with Gasteiger partial charge in [0.15, 0.2) is 0 Å². The largest absolute Gasteiger partial charge is 0.380 e. The number of nitrogens with zero attached hydrogens (tertiary/aromatic N) is 4. The Morgan fingerprint density at radius 2 is 1.92 bits per heavy atom. The predicted molar refractivity (Wildman–Crippen MR) is 92.8 cm³/mol. The second-order valence-corrected chi connectivity index (χ2v) is 7.08. The number of hydrogen-bond acceptors (Lipinski definition) is 8. The molecule has 3 heterocycles. The summed E-state index contributed by atoms with van der Waals surface area (Å²) in [5, 5.41) is 17.6. The topological polar surface area (TPSA) is 105 Å². The molecule has 9 heteroatoms. The van der Waals surface area contributed by atoms with Gasteiger partial charge in [0.2, 0.25) is 11.8 Å². The molecule has 0 bridgehead atoms. The maximum atomic E-state index is 11.1. The van der Waals surface area contributed by atoms with Crippen LogP contribution in [-0.2, 0) is 4.74 Å². The average Bonchev–Trinajstić information content (AvgIpc) is 3.25. The summed E-state index contributed by atoms with van der Waals surface area (Å²) >= 11 is 0. The second-order valence-electron chi connectivity index (χ2n) is 7.08. The zero-order chi connectivity index (χ0) is 17.2. The number of piperidine rings is 1. The van der Waals surface area contributed by atoms with Gasteiger partial charge in [-0.3, -0.25) is 15.0 Å². The molecule has 9 nitrogen and oxygen atoms in total. The zero-order valence-electron chi connectivity index (χ0n) is 14.2. The lowest BCUT2D eigenvalue weighted by Gasteiger charge is -2.35. The molecule has 25 heavy (non-hydrogen) atoms. The van der Waals surface area contributed by atoms with E-state index in [4.69, 9.17) is 4.74 Å². The van der Waals surface area contributed by atoms with Crippen molar-refractivity contribution in [3.05, 3.63) is 16.3 Å². The number of nitrogens with one attached hydrogen (secondary N) is 2. The second kappa shape index (κ2) is 7.09. The van der Waals surface area contributed by atoms with Crippen LogP contribution in [0.3, 0.4) is 0 Å². The molecule has 0 radical (unpaired) electrons. The maximum absolute atomic E-state index is 11.1. The van der Waals surface area contributed by atoms with Crippen LogP contribution in [0.2, 0.25) is 0 Å². The van der Waals surface area contributed by atoms with Crippen molar-refractivity contribution >= 4 is 17.5 Å². The summed E-state index contributed by atoms with van der Waals surface area (Å²) in [6.45, 7) is 3.79. The van der Waals surface area contributed by atoms with Crippen molar-refractivity contribution in [2.45, 2.75) is 50.2 Å². The molecule has 0 spiro atoms. The molecule has 0 unspecified atom stereocenters. The number of rotatable bonds is 6. The minimum atomic E-state index is -0.434. The number of likely N-dealkylation sites (tertiary alicyclic amines) is 1. The van der Waals surface area contributed by atoms with E-state index in [0.29, 0.717) is 29.9 Å². The molecule has 3 fully saturated rings. The maximum Gasteiger partial charge on any atom is 0.329 e. The highest BCUT2D eigenvalue weighted by Gasteiger charge is 2.29. The van der Waals surface area contributed by atoms with Crippen LogP contribution < -0.4 is 10.6 Å². The van der Waals surface area contributed by atoms with Gasteiger partial charge in [-0.15, -0.1) is 0 Å². The Morgan fingerprint density at radius 3 is 2.56 bits per heavy atom. The summed E-state index contributed by atoms with van der Waals surface area (Å²) in [5.74, 6) is 0.793. The van der Waals surface area contributed by atoms with Crippen molar-refractivity contribution < 1.29 is 9.66 Å². The molecule has 3 aliphatic rings. The van der Waals surface area contributed by atoms with Crippen LogP contribution >= 0.6 is 0 Å². The van der Waals surface area contributed by atoms with Gasteiger partial charge in [0.1, 0.15) is 6.20 Å². The van der Waals surface area contributed by atoms with Gasteiger partial charge < -0.3 is 15.4 Å². The van der Waals surface area contributed by atoms with Crippen molar-refractivity contribution in [2.75, 3.05) is 36.9 Å². The third kappa shape index (κ3) is 3.98. The van der Waals surface area contributed by atoms with E-state index in [1.165, 1.54) is 6.20 Å². The molecule has 2 aliphatic heterocycles. The summed E-state index contributed by atoms with van der Waals surface area (Å²) in [5.41, 5.74) is -0.0616. The van der Waals surface area contributed by atoms with Crippen LogP contribution in [0.15, 0.2) is 6.20 Å². The van der Waals surface area contributed by atoms with Gasteiger partial charge in [-0.05, 0) is 32.1 Å². The lowest BCUT2D eigenvalue weighted by molar-refractivity contribution is -0.384. The van der Waals surface area contributed by atoms with Gasteiger partial charge in [-0.25, -0.2) is 4.98 Å².